The fourth-order valence-corrected chi connectivity index (χ4v) is 1.82. The van der Waals surface area contributed by atoms with Crippen molar-refractivity contribution in [1.29, 1.82) is 0 Å². The van der Waals surface area contributed by atoms with Crippen molar-refractivity contribution >= 4 is 0 Å². The molecule has 0 radical (unpaired) electrons. The standard InChI is InChI=1S/C14H18N2O/c1-3-11-5-7-12(8-6-11)14(17)13-9-15-16(4-2)10-13/h5-10,14,17H,3-4H2,1-2H3. The van der Waals surface area contributed by atoms with Gasteiger partial charge in [-0.3, -0.25) is 4.68 Å². The van der Waals surface area contributed by atoms with Gasteiger partial charge in [0, 0.05) is 18.3 Å². The number of aliphatic hydroxyl groups is 1. The van der Waals surface area contributed by atoms with Crippen LogP contribution in [0.4, 0.5) is 0 Å². The van der Waals surface area contributed by atoms with Crippen molar-refractivity contribution in [2.75, 3.05) is 0 Å². The SMILES string of the molecule is CCc1ccc(C(O)c2cnn(CC)c2)cc1. The highest BCUT2D eigenvalue weighted by atomic mass is 16.3. The van der Waals surface area contributed by atoms with E-state index in [4.69, 9.17) is 0 Å². The zero-order chi connectivity index (χ0) is 12.3. The van der Waals surface area contributed by atoms with Gasteiger partial charge >= 0.3 is 0 Å². The van der Waals surface area contributed by atoms with E-state index in [1.165, 1.54) is 5.56 Å². The van der Waals surface area contributed by atoms with Crippen LogP contribution in [0.15, 0.2) is 36.7 Å². The number of aliphatic hydroxyl groups excluding tert-OH is 1. The second kappa shape index (κ2) is 5.15. The molecule has 0 saturated heterocycles. The molecule has 0 fully saturated rings. The molecule has 90 valence electrons. The Kier molecular flexibility index (Phi) is 3.59. The number of aryl methyl sites for hydroxylation is 2. The van der Waals surface area contributed by atoms with Gasteiger partial charge in [-0.25, -0.2) is 0 Å². The highest BCUT2D eigenvalue weighted by Gasteiger charge is 2.12. The summed E-state index contributed by atoms with van der Waals surface area (Å²) in [5, 5.41) is 14.4. The van der Waals surface area contributed by atoms with Crippen LogP contribution in [-0.4, -0.2) is 14.9 Å². The Morgan fingerprint density at radius 1 is 1.18 bits per heavy atom. The summed E-state index contributed by atoms with van der Waals surface area (Å²) in [4.78, 5) is 0. The van der Waals surface area contributed by atoms with Crippen LogP contribution >= 0.6 is 0 Å². The minimum Gasteiger partial charge on any atom is -0.384 e. The fourth-order valence-electron chi connectivity index (χ4n) is 1.82. The Morgan fingerprint density at radius 3 is 2.41 bits per heavy atom. The van der Waals surface area contributed by atoms with Gasteiger partial charge in [0.15, 0.2) is 0 Å². The first-order valence-electron chi connectivity index (χ1n) is 6.03. The van der Waals surface area contributed by atoms with Crippen LogP contribution in [0.3, 0.4) is 0 Å². The molecule has 1 atom stereocenters. The van der Waals surface area contributed by atoms with Crippen molar-refractivity contribution < 1.29 is 5.11 Å². The van der Waals surface area contributed by atoms with Gasteiger partial charge in [0.1, 0.15) is 6.10 Å². The summed E-state index contributed by atoms with van der Waals surface area (Å²) in [7, 11) is 0. The van der Waals surface area contributed by atoms with E-state index in [0.29, 0.717) is 0 Å². The van der Waals surface area contributed by atoms with E-state index in [1.54, 1.807) is 6.20 Å². The molecule has 0 aliphatic rings. The zero-order valence-electron chi connectivity index (χ0n) is 10.3. The summed E-state index contributed by atoms with van der Waals surface area (Å²) in [5.41, 5.74) is 3.04. The molecule has 1 heterocycles. The number of rotatable bonds is 4. The molecule has 1 N–H and O–H groups in total. The van der Waals surface area contributed by atoms with Gasteiger partial charge in [-0.1, -0.05) is 31.2 Å². The average molecular weight is 230 g/mol. The van der Waals surface area contributed by atoms with Crippen molar-refractivity contribution in [2.45, 2.75) is 32.9 Å². The molecule has 1 unspecified atom stereocenters. The van der Waals surface area contributed by atoms with Crippen LogP contribution in [0.2, 0.25) is 0 Å². The van der Waals surface area contributed by atoms with Gasteiger partial charge in [-0.15, -0.1) is 0 Å². The van der Waals surface area contributed by atoms with Gasteiger partial charge in [0.25, 0.3) is 0 Å². The first-order valence-corrected chi connectivity index (χ1v) is 6.03. The second-order valence-corrected chi connectivity index (χ2v) is 4.13. The molecule has 0 saturated carbocycles. The lowest BCUT2D eigenvalue weighted by Crippen LogP contribution is -1.99. The molecule has 0 spiro atoms. The smallest absolute Gasteiger partial charge is 0.107 e. The Labute approximate surface area is 102 Å². The largest absolute Gasteiger partial charge is 0.384 e. The van der Waals surface area contributed by atoms with Crippen LogP contribution in [0.5, 0.6) is 0 Å². The predicted molar refractivity (Wildman–Crippen MR) is 67.8 cm³/mol. The Bertz CT molecular complexity index is 473. The van der Waals surface area contributed by atoms with E-state index in [9.17, 15) is 5.11 Å². The number of hydrogen-bond acceptors (Lipinski definition) is 2. The Balaban J connectivity index is 2.20. The molecule has 3 nitrogen and oxygen atoms in total. The Morgan fingerprint density at radius 2 is 1.88 bits per heavy atom. The lowest BCUT2D eigenvalue weighted by Gasteiger charge is -2.09. The number of benzene rings is 1. The van der Waals surface area contributed by atoms with Crippen LogP contribution in [-0.2, 0) is 13.0 Å². The molecule has 0 amide bonds. The molecule has 1 aromatic carbocycles. The highest BCUT2D eigenvalue weighted by Crippen LogP contribution is 2.21. The van der Waals surface area contributed by atoms with Gasteiger partial charge in [0.05, 0.1) is 6.20 Å². The second-order valence-electron chi connectivity index (χ2n) is 4.13. The third kappa shape index (κ3) is 2.56. The molecule has 17 heavy (non-hydrogen) atoms. The monoisotopic (exact) mass is 230 g/mol. The molecule has 0 aliphatic heterocycles. The summed E-state index contributed by atoms with van der Waals surface area (Å²) in [6.07, 6.45) is 4.05. The first kappa shape index (κ1) is 11.9. The van der Waals surface area contributed by atoms with E-state index >= 15 is 0 Å². The lowest BCUT2D eigenvalue weighted by molar-refractivity contribution is 0.220. The lowest BCUT2D eigenvalue weighted by atomic mass is 10.0. The quantitative estimate of drug-likeness (QED) is 0.876. The van der Waals surface area contributed by atoms with Crippen molar-refractivity contribution in [3.8, 4) is 0 Å². The minimum atomic E-state index is -0.582. The molecule has 0 aliphatic carbocycles. The maximum absolute atomic E-state index is 10.2. The van der Waals surface area contributed by atoms with Crippen molar-refractivity contribution in [1.82, 2.24) is 9.78 Å². The summed E-state index contributed by atoms with van der Waals surface area (Å²) < 4.78 is 1.82. The van der Waals surface area contributed by atoms with Crippen LogP contribution in [0.25, 0.3) is 0 Å². The molecule has 0 bridgehead atoms. The fraction of sp³-hybridized carbons (Fsp3) is 0.357. The normalized spacial score (nSPS) is 12.6. The van der Waals surface area contributed by atoms with E-state index in [2.05, 4.69) is 24.2 Å². The average Bonchev–Trinajstić information content (AvgIpc) is 2.87. The number of nitrogens with zero attached hydrogens (tertiary/aromatic N) is 2. The van der Waals surface area contributed by atoms with E-state index in [0.717, 1.165) is 24.1 Å². The van der Waals surface area contributed by atoms with E-state index < -0.39 is 6.10 Å². The minimum absolute atomic E-state index is 0.582. The maximum Gasteiger partial charge on any atom is 0.107 e. The van der Waals surface area contributed by atoms with E-state index in [-0.39, 0.29) is 0 Å². The van der Waals surface area contributed by atoms with Gasteiger partial charge in [-0.2, -0.15) is 5.10 Å². The summed E-state index contributed by atoms with van der Waals surface area (Å²) in [6, 6.07) is 8.07. The van der Waals surface area contributed by atoms with Crippen molar-refractivity contribution in [3.63, 3.8) is 0 Å². The Hall–Kier alpha value is -1.61. The third-order valence-corrected chi connectivity index (χ3v) is 3.00. The number of aromatic nitrogens is 2. The van der Waals surface area contributed by atoms with Gasteiger partial charge < -0.3 is 5.11 Å². The molecule has 2 aromatic rings. The number of hydrogen-bond donors (Lipinski definition) is 1. The first-order chi connectivity index (χ1) is 8.24. The predicted octanol–water partition coefficient (Wildman–Crippen LogP) is 2.55. The molecule has 1 aromatic heterocycles. The summed E-state index contributed by atoms with van der Waals surface area (Å²) in [6.45, 7) is 4.97. The van der Waals surface area contributed by atoms with E-state index in [1.807, 2.05) is 29.9 Å². The topological polar surface area (TPSA) is 38.1 Å². The molecule has 2 rings (SSSR count). The van der Waals surface area contributed by atoms with Gasteiger partial charge in [0.2, 0.25) is 0 Å². The van der Waals surface area contributed by atoms with Crippen LogP contribution < -0.4 is 0 Å². The molecular formula is C14H18N2O. The van der Waals surface area contributed by atoms with Crippen LogP contribution in [0.1, 0.15) is 36.6 Å². The van der Waals surface area contributed by atoms with Crippen LogP contribution in [0, 0.1) is 0 Å². The van der Waals surface area contributed by atoms with Crippen molar-refractivity contribution in [2.24, 2.45) is 0 Å². The van der Waals surface area contributed by atoms with Crippen molar-refractivity contribution in [3.05, 3.63) is 53.3 Å². The highest BCUT2D eigenvalue weighted by molar-refractivity contribution is 5.29. The molecular weight excluding hydrogens is 212 g/mol. The van der Waals surface area contributed by atoms with Gasteiger partial charge in [-0.05, 0) is 24.5 Å². The molecule has 3 heteroatoms. The summed E-state index contributed by atoms with van der Waals surface area (Å²) in [5.74, 6) is 0. The zero-order valence-corrected chi connectivity index (χ0v) is 10.3. The summed E-state index contributed by atoms with van der Waals surface area (Å²) >= 11 is 0. The maximum atomic E-state index is 10.2. The third-order valence-electron chi connectivity index (χ3n) is 3.00.